The van der Waals surface area contributed by atoms with Gasteiger partial charge in [-0.25, -0.2) is 4.98 Å². The van der Waals surface area contributed by atoms with E-state index in [0.717, 1.165) is 31.7 Å². The van der Waals surface area contributed by atoms with Gasteiger partial charge in [-0.05, 0) is 25.0 Å². The third-order valence-electron chi connectivity index (χ3n) is 5.90. The van der Waals surface area contributed by atoms with Gasteiger partial charge in [0, 0.05) is 51.4 Å². The molecular weight excluding hydrogens is 352 g/mol. The molecule has 0 spiro atoms. The number of likely N-dealkylation sites (tertiary alicyclic amines) is 1. The second-order valence-corrected chi connectivity index (χ2v) is 7.97. The molecule has 2 aliphatic heterocycles. The van der Waals surface area contributed by atoms with E-state index < -0.39 is 0 Å². The second-order valence-electron chi connectivity index (χ2n) is 7.53. The van der Waals surface area contributed by atoms with Crippen molar-refractivity contribution in [3.05, 3.63) is 23.4 Å². The molecule has 7 heteroatoms. The summed E-state index contributed by atoms with van der Waals surface area (Å²) in [6.07, 6.45) is 6.63. The van der Waals surface area contributed by atoms with Crippen LogP contribution in [0.5, 0.6) is 0 Å². The molecule has 2 amide bonds. The Morgan fingerprint density at radius 1 is 1.12 bits per heavy atom. The van der Waals surface area contributed by atoms with Gasteiger partial charge >= 0.3 is 0 Å². The molecule has 0 bridgehead atoms. The predicted octanol–water partition coefficient (Wildman–Crippen LogP) is 2.17. The number of nitrogens with zero attached hydrogens (tertiary/aromatic N) is 4. The van der Waals surface area contributed by atoms with Gasteiger partial charge in [0.05, 0.1) is 10.9 Å². The van der Waals surface area contributed by atoms with Crippen LogP contribution in [0.1, 0.15) is 32.1 Å². The first-order valence-corrected chi connectivity index (χ1v) is 9.94. The number of piperazine rings is 1. The summed E-state index contributed by atoms with van der Waals surface area (Å²) in [7, 11) is 0. The molecule has 1 aromatic heterocycles. The summed E-state index contributed by atoms with van der Waals surface area (Å²) < 4.78 is 0. The van der Waals surface area contributed by atoms with Crippen LogP contribution >= 0.6 is 11.6 Å². The molecule has 3 fully saturated rings. The van der Waals surface area contributed by atoms with Gasteiger partial charge in [0.1, 0.15) is 5.82 Å². The Labute approximate surface area is 159 Å². The second kappa shape index (κ2) is 7.43. The number of halogens is 1. The summed E-state index contributed by atoms with van der Waals surface area (Å²) in [5.41, 5.74) is 0. The molecule has 3 aliphatic rings. The third-order valence-corrected chi connectivity index (χ3v) is 6.12. The zero-order chi connectivity index (χ0) is 18.1. The van der Waals surface area contributed by atoms with E-state index in [9.17, 15) is 9.59 Å². The monoisotopic (exact) mass is 376 g/mol. The molecule has 1 aromatic rings. The number of hydrogen-bond acceptors (Lipinski definition) is 4. The van der Waals surface area contributed by atoms with Crippen LogP contribution in [0.4, 0.5) is 5.82 Å². The zero-order valence-corrected chi connectivity index (χ0v) is 15.7. The SMILES string of the molecule is O=C([C@H]1CC(=O)N(C2CCCC2)C1)N1CCN(c2ccc(Cl)cn2)CC1. The lowest BCUT2D eigenvalue weighted by Gasteiger charge is -2.36. The highest BCUT2D eigenvalue weighted by Crippen LogP contribution is 2.30. The van der Waals surface area contributed by atoms with E-state index in [2.05, 4.69) is 9.88 Å². The maximum absolute atomic E-state index is 12.9. The van der Waals surface area contributed by atoms with Crippen molar-refractivity contribution < 1.29 is 9.59 Å². The standard InChI is InChI=1S/C19H25ClN4O2/c20-15-5-6-17(21-12-15)22-7-9-23(10-8-22)19(26)14-11-18(25)24(13-14)16-3-1-2-4-16/h5-6,12,14,16H,1-4,7-11,13H2/t14-/m0/s1. The largest absolute Gasteiger partial charge is 0.353 e. The summed E-state index contributed by atoms with van der Waals surface area (Å²) in [6.45, 7) is 3.48. The highest BCUT2D eigenvalue weighted by atomic mass is 35.5. The van der Waals surface area contributed by atoms with E-state index in [1.807, 2.05) is 21.9 Å². The highest BCUT2D eigenvalue weighted by Gasteiger charge is 2.40. The van der Waals surface area contributed by atoms with Crippen molar-refractivity contribution in [3.63, 3.8) is 0 Å². The van der Waals surface area contributed by atoms with E-state index in [4.69, 9.17) is 11.6 Å². The molecule has 3 heterocycles. The molecule has 140 valence electrons. The summed E-state index contributed by atoms with van der Waals surface area (Å²) in [5.74, 6) is 1.04. The lowest BCUT2D eigenvalue weighted by molar-refractivity contribution is -0.136. The van der Waals surface area contributed by atoms with Crippen LogP contribution in [-0.2, 0) is 9.59 Å². The van der Waals surface area contributed by atoms with Crippen molar-refractivity contribution in [2.24, 2.45) is 5.92 Å². The Bertz CT molecular complexity index is 667. The molecule has 0 unspecified atom stereocenters. The first-order chi connectivity index (χ1) is 12.6. The van der Waals surface area contributed by atoms with Crippen LogP contribution in [-0.4, -0.2) is 65.4 Å². The van der Waals surface area contributed by atoms with Gasteiger partial charge in [-0.3, -0.25) is 9.59 Å². The van der Waals surface area contributed by atoms with E-state index in [1.54, 1.807) is 6.20 Å². The minimum atomic E-state index is -0.164. The molecule has 2 saturated heterocycles. The number of carbonyl (C=O) groups is 2. The number of pyridine rings is 1. The molecule has 0 aromatic carbocycles. The Morgan fingerprint density at radius 3 is 2.50 bits per heavy atom. The van der Waals surface area contributed by atoms with Gasteiger partial charge in [-0.2, -0.15) is 0 Å². The van der Waals surface area contributed by atoms with Crippen LogP contribution in [0.25, 0.3) is 0 Å². The first-order valence-electron chi connectivity index (χ1n) is 9.56. The molecular formula is C19H25ClN4O2. The van der Waals surface area contributed by atoms with Crippen molar-refractivity contribution >= 4 is 29.2 Å². The average molecular weight is 377 g/mol. The van der Waals surface area contributed by atoms with Crippen molar-refractivity contribution in [3.8, 4) is 0 Å². The Balaban J connectivity index is 1.32. The Kier molecular flexibility index (Phi) is 5.02. The van der Waals surface area contributed by atoms with Crippen molar-refractivity contribution in [1.82, 2.24) is 14.8 Å². The lowest BCUT2D eigenvalue weighted by Crippen LogP contribution is -2.51. The van der Waals surface area contributed by atoms with E-state index in [-0.39, 0.29) is 17.7 Å². The predicted molar refractivity (Wildman–Crippen MR) is 100 cm³/mol. The summed E-state index contributed by atoms with van der Waals surface area (Å²) in [6, 6.07) is 4.12. The first kappa shape index (κ1) is 17.6. The van der Waals surface area contributed by atoms with Crippen molar-refractivity contribution in [2.75, 3.05) is 37.6 Å². The van der Waals surface area contributed by atoms with Gasteiger partial charge in [0.25, 0.3) is 0 Å². The normalized spacial score (nSPS) is 24.6. The fraction of sp³-hybridized carbons (Fsp3) is 0.632. The minimum absolute atomic E-state index is 0.141. The van der Waals surface area contributed by atoms with Crippen LogP contribution in [0.3, 0.4) is 0 Å². The molecule has 0 radical (unpaired) electrons. The fourth-order valence-corrected chi connectivity index (χ4v) is 4.55. The number of amides is 2. The van der Waals surface area contributed by atoms with E-state index in [0.29, 0.717) is 37.1 Å². The number of hydrogen-bond donors (Lipinski definition) is 0. The van der Waals surface area contributed by atoms with Gasteiger partial charge in [0.2, 0.25) is 11.8 Å². The maximum atomic E-state index is 12.9. The number of rotatable bonds is 3. The van der Waals surface area contributed by atoms with Gasteiger partial charge in [-0.15, -0.1) is 0 Å². The smallest absolute Gasteiger partial charge is 0.228 e. The summed E-state index contributed by atoms with van der Waals surface area (Å²) >= 11 is 5.89. The van der Waals surface area contributed by atoms with Crippen LogP contribution < -0.4 is 4.90 Å². The Hall–Kier alpha value is -1.82. The molecule has 1 saturated carbocycles. The molecule has 1 aliphatic carbocycles. The molecule has 0 N–H and O–H groups in total. The fourth-order valence-electron chi connectivity index (χ4n) is 4.44. The quantitative estimate of drug-likeness (QED) is 0.811. The third kappa shape index (κ3) is 3.52. The van der Waals surface area contributed by atoms with Gasteiger partial charge in [0.15, 0.2) is 0 Å². The van der Waals surface area contributed by atoms with E-state index in [1.165, 1.54) is 12.8 Å². The summed E-state index contributed by atoms with van der Waals surface area (Å²) in [5, 5.41) is 0.625. The molecule has 26 heavy (non-hydrogen) atoms. The van der Waals surface area contributed by atoms with Crippen LogP contribution in [0.2, 0.25) is 5.02 Å². The van der Waals surface area contributed by atoms with E-state index >= 15 is 0 Å². The van der Waals surface area contributed by atoms with Crippen molar-refractivity contribution in [2.45, 2.75) is 38.1 Å². The molecule has 4 rings (SSSR count). The highest BCUT2D eigenvalue weighted by molar-refractivity contribution is 6.30. The number of aromatic nitrogens is 1. The number of carbonyl (C=O) groups excluding carboxylic acids is 2. The lowest BCUT2D eigenvalue weighted by atomic mass is 10.1. The Morgan fingerprint density at radius 2 is 1.85 bits per heavy atom. The maximum Gasteiger partial charge on any atom is 0.228 e. The zero-order valence-electron chi connectivity index (χ0n) is 14.9. The average Bonchev–Trinajstić information content (AvgIpc) is 3.31. The van der Waals surface area contributed by atoms with Crippen molar-refractivity contribution in [1.29, 1.82) is 0 Å². The molecule has 6 nitrogen and oxygen atoms in total. The van der Waals surface area contributed by atoms with Gasteiger partial charge < -0.3 is 14.7 Å². The van der Waals surface area contributed by atoms with Crippen LogP contribution in [0.15, 0.2) is 18.3 Å². The topological polar surface area (TPSA) is 56.8 Å². The summed E-state index contributed by atoms with van der Waals surface area (Å²) in [4.78, 5) is 35.7. The minimum Gasteiger partial charge on any atom is -0.353 e. The van der Waals surface area contributed by atoms with Gasteiger partial charge in [-0.1, -0.05) is 24.4 Å². The van der Waals surface area contributed by atoms with Crippen LogP contribution in [0, 0.1) is 5.92 Å². The molecule has 1 atom stereocenters. The number of anilines is 1.